The van der Waals surface area contributed by atoms with Crippen LogP contribution in [-0.4, -0.2) is 46.6 Å². The number of phenolic OH excluding ortho intramolecular Hbond substituents is 1. The summed E-state index contributed by atoms with van der Waals surface area (Å²) in [4.78, 5) is 21.5. The molecule has 1 aliphatic heterocycles. The number of ether oxygens (including phenoxy) is 1. The van der Waals surface area contributed by atoms with E-state index in [2.05, 4.69) is 9.97 Å². The highest BCUT2D eigenvalue weighted by molar-refractivity contribution is 6.01. The van der Waals surface area contributed by atoms with Crippen molar-refractivity contribution in [2.24, 2.45) is 0 Å². The molecule has 6 nitrogen and oxygen atoms in total. The van der Waals surface area contributed by atoms with Gasteiger partial charge in [-0.25, -0.2) is 13.8 Å². The minimum absolute atomic E-state index is 0.0784. The molecular weight excluding hydrogens is 368 g/mol. The summed E-state index contributed by atoms with van der Waals surface area (Å²) in [6.45, 7) is 1.94. The van der Waals surface area contributed by atoms with Crippen molar-refractivity contribution in [2.45, 2.75) is 19.3 Å². The Balaban J connectivity index is 2.03. The Bertz CT molecular complexity index is 1110. The van der Waals surface area contributed by atoms with Gasteiger partial charge in [-0.1, -0.05) is 0 Å². The van der Waals surface area contributed by atoms with Crippen molar-refractivity contribution in [3.63, 3.8) is 0 Å². The van der Waals surface area contributed by atoms with Gasteiger partial charge in [-0.2, -0.15) is 0 Å². The molecule has 3 aromatic rings. The second kappa shape index (κ2) is 6.47. The lowest BCUT2D eigenvalue weighted by molar-refractivity contribution is 0.0825. The van der Waals surface area contributed by atoms with Crippen LogP contribution < -0.4 is 4.74 Å². The number of hydrogen-bond acceptors (Lipinski definition) is 4. The van der Waals surface area contributed by atoms with Crippen LogP contribution in [0.3, 0.4) is 0 Å². The third-order valence-electron chi connectivity index (χ3n) is 4.96. The Hall–Kier alpha value is -3.16. The highest BCUT2D eigenvalue weighted by Gasteiger charge is 2.34. The van der Waals surface area contributed by atoms with E-state index in [-0.39, 0.29) is 40.7 Å². The molecule has 28 heavy (non-hydrogen) atoms. The van der Waals surface area contributed by atoms with E-state index >= 15 is 0 Å². The number of H-pyrrole nitrogens is 1. The predicted molar refractivity (Wildman–Crippen MR) is 98.8 cm³/mol. The fraction of sp³-hybridized carbons (Fsp3) is 0.300. The Labute approximate surface area is 159 Å². The van der Waals surface area contributed by atoms with Crippen LogP contribution in [-0.2, 0) is 0 Å². The second-order valence-electron chi connectivity index (χ2n) is 7.09. The van der Waals surface area contributed by atoms with E-state index in [0.29, 0.717) is 23.3 Å². The Morgan fingerprint density at radius 3 is 2.75 bits per heavy atom. The fourth-order valence-electron chi connectivity index (χ4n) is 3.78. The molecule has 0 spiro atoms. The number of fused-ring (bicyclic) bond motifs is 2. The predicted octanol–water partition coefficient (Wildman–Crippen LogP) is 3.47. The SMILES string of the molecule is Cc1nc2c(O)c(C3CCOc4cc(F)cc(F)c43)c(C(=O)N(C)C)cc2[nH]1. The van der Waals surface area contributed by atoms with Crippen LogP contribution in [0, 0.1) is 18.6 Å². The topological polar surface area (TPSA) is 78.5 Å². The monoisotopic (exact) mass is 387 g/mol. The number of rotatable bonds is 2. The summed E-state index contributed by atoms with van der Waals surface area (Å²) in [5.41, 5.74) is 1.45. The van der Waals surface area contributed by atoms with Gasteiger partial charge in [0, 0.05) is 48.8 Å². The molecule has 8 heteroatoms. The number of hydrogen-bond donors (Lipinski definition) is 2. The zero-order valence-corrected chi connectivity index (χ0v) is 15.6. The van der Waals surface area contributed by atoms with Crippen LogP contribution in [0.5, 0.6) is 11.5 Å². The molecule has 2 aromatic carbocycles. The van der Waals surface area contributed by atoms with Crippen molar-refractivity contribution in [2.75, 3.05) is 20.7 Å². The molecule has 146 valence electrons. The number of carbonyl (C=O) groups is 1. The number of nitrogens with zero attached hydrogens (tertiary/aromatic N) is 2. The van der Waals surface area contributed by atoms with Gasteiger partial charge in [0.05, 0.1) is 12.1 Å². The summed E-state index contributed by atoms with van der Waals surface area (Å²) in [7, 11) is 3.19. The lowest BCUT2D eigenvalue weighted by Gasteiger charge is -2.29. The zero-order valence-electron chi connectivity index (χ0n) is 15.6. The number of aromatic hydroxyl groups is 1. The highest BCUT2D eigenvalue weighted by atomic mass is 19.1. The van der Waals surface area contributed by atoms with Crippen molar-refractivity contribution < 1.29 is 23.4 Å². The first-order chi connectivity index (χ1) is 13.3. The van der Waals surface area contributed by atoms with Crippen LogP contribution in [0.15, 0.2) is 18.2 Å². The maximum absolute atomic E-state index is 14.7. The largest absolute Gasteiger partial charge is 0.505 e. The Morgan fingerprint density at radius 1 is 1.29 bits per heavy atom. The van der Waals surface area contributed by atoms with Gasteiger partial charge < -0.3 is 19.7 Å². The Morgan fingerprint density at radius 2 is 2.04 bits per heavy atom. The standard InChI is InChI=1S/C20H19F2N3O3/c1-9-23-14-8-12(20(27)25(2)3)16(19(26)18(14)24-9)11-4-5-28-15-7-10(21)6-13(22)17(11)15/h6-8,11,26H,4-5H2,1-3H3,(H,23,24). The number of aromatic amines is 1. The van der Waals surface area contributed by atoms with E-state index in [1.54, 1.807) is 27.1 Å². The van der Waals surface area contributed by atoms with E-state index in [1.807, 2.05) is 0 Å². The lowest BCUT2D eigenvalue weighted by Crippen LogP contribution is -2.25. The van der Waals surface area contributed by atoms with Gasteiger partial charge >= 0.3 is 0 Å². The van der Waals surface area contributed by atoms with E-state index in [4.69, 9.17) is 4.74 Å². The maximum Gasteiger partial charge on any atom is 0.253 e. The number of aryl methyl sites for hydroxylation is 1. The molecule has 1 amide bonds. The number of imidazole rings is 1. The molecule has 1 aliphatic rings. The smallest absolute Gasteiger partial charge is 0.253 e. The molecule has 2 heterocycles. The Kier molecular flexibility index (Phi) is 4.21. The number of aromatic nitrogens is 2. The van der Waals surface area contributed by atoms with Crippen LogP contribution in [0.25, 0.3) is 11.0 Å². The van der Waals surface area contributed by atoms with Crippen LogP contribution >= 0.6 is 0 Å². The first-order valence-electron chi connectivity index (χ1n) is 8.83. The molecule has 0 saturated carbocycles. The van der Waals surface area contributed by atoms with E-state index in [9.17, 15) is 18.7 Å². The van der Waals surface area contributed by atoms with Crippen LogP contribution in [0.2, 0.25) is 0 Å². The molecule has 1 atom stereocenters. The fourth-order valence-corrected chi connectivity index (χ4v) is 3.78. The van der Waals surface area contributed by atoms with Gasteiger partial charge in [0.25, 0.3) is 5.91 Å². The summed E-state index contributed by atoms with van der Waals surface area (Å²) in [6.07, 6.45) is 0.325. The first kappa shape index (κ1) is 18.2. The highest BCUT2D eigenvalue weighted by Crippen LogP contribution is 2.46. The number of nitrogens with one attached hydrogen (secondary N) is 1. The average Bonchev–Trinajstić information content (AvgIpc) is 3.01. The van der Waals surface area contributed by atoms with Crippen molar-refractivity contribution in [3.8, 4) is 11.5 Å². The second-order valence-corrected chi connectivity index (χ2v) is 7.09. The van der Waals surface area contributed by atoms with Crippen molar-refractivity contribution in [1.29, 1.82) is 0 Å². The first-order valence-corrected chi connectivity index (χ1v) is 8.83. The molecule has 2 N–H and O–H groups in total. The summed E-state index contributed by atoms with van der Waals surface area (Å²) < 4.78 is 33.8. The van der Waals surface area contributed by atoms with Gasteiger partial charge in [0.1, 0.15) is 34.5 Å². The van der Waals surface area contributed by atoms with Gasteiger partial charge in [0.2, 0.25) is 0 Å². The molecular formula is C20H19F2N3O3. The van der Waals surface area contributed by atoms with Crippen molar-refractivity contribution in [3.05, 3.63) is 52.3 Å². The summed E-state index contributed by atoms with van der Waals surface area (Å²) in [5, 5.41) is 11.0. The normalized spacial score (nSPS) is 16.0. The third-order valence-corrected chi connectivity index (χ3v) is 4.96. The molecule has 1 unspecified atom stereocenters. The molecule has 4 rings (SSSR count). The summed E-state index contributed by atoms with van der Waals surface area (Å²) in [6, 6.07) is 3.51. The van der Waals surface area contributed by atoms with Crippen LogP contribution in [0.1, 0.15) is 39.6 Å². The van der Waals surface area contributed by atoms with Gasteiger partial charge in [0.15, 0.2) is 0 Å². The number of benzene rings is 2. The van der Waals surface area contributed by atoms with Crippen LogP contribution in [0.4, 0.5) is 8.78 Å². The zero-order chi connectivity index (χ0) is 20.2. The summed E-state index contributed by atoms with van der Waals surface area (Å²) >= 11 is 0. The molecule has 0 aliphatic carbocycles. The van der Waals surface area contributed by atoms with E-state index in [1.165, 1.54) is 4.90 Å². The van der Waals surface area contributed by atoms with Crippen molar-refractivity contribution in [1.82, 2.24) is 14.9 Å². The number of halogens is 2. The molecule has 0 bridgehead atoms. The van der Waals surface area contributed by atoms with Gasteiger partial charge in [-0.3, -0.25) is 4.79 Å². The van der Waals surface area contributed by atoms with E-state index < -0.39 is 17.6 Å². The molecule has 0 saturated heterocycles. The lowest BCUT2D eigenvalue weighted by atomic mass is 9.82. The molecule has 0 radical (unpaired) electrons. The van der Waals surface area contributed by atoms with E-state index in [0.717, 1.165) is 12.1 Å². The number of carbonyl (C=O) groups excluding carboxylic acids is 1. The minimum Gasteiger partial charge on any atom is -0.505 e. The third kappa shape index (κ3) is 2.76. The summed E-state index contributed by atoms with van der Waals surface area (Å²) in [5.74, 6) is -2.07. The minimum atomic E-state index is -0.777. The molecule has 1 aromatic heterocycles. The quantitative estimate of drug-likeness (QED) is 0.706. The maximum atomic E-state index is 14.7. The number of amides is 1. The van der Waals surface area contributed by atoms with Gasteiger partial charge in [-0.15, -0.1) is 0 Å². The molecule has 0 fully saturated rings. The van der Waals surface area contributed by atoms with Crippen molar-refractivity contribution >= 4 is 16.9 Å². The van der Waals surface area contributed by atoms with Gasteiger partial charge in [-0.05, 0) is 19.4 Å². The average molecular weight is 387 g/mol. The number of phenols is 1.